The minimum absolute atomic E-state index is 0.0451. The first-order valence-corrected chi connectivity index (χ1v) is 10.3. The number of nitrogens with zero attached hydrogens (tertiary/aromatic N) is 3. The standard InChI is InChI=1S/C23H25N5O3/c1-14(2)24-23(30)25-18-8-6-16(7-9-18)21-26-22(31-27-21)17-12-20(29)28(13-17)19-10-4-15(3)5-11-19/h4-11,14,17H,12-13H2,1-3H3,(H2,24,25,30)/t17-/m1/s1. The van der Waals surface area contributed by atoms with Crippen molar-refractivity contribution in [3.05, 3.63) is 60.0 Å². The van der Waals surface area contributed by atoms with Gasteiger partial charge < -0.3 is 20.1 Å². The van der Waals surface area contributed by atoms with Crippen molar-refractivity contribution in [3.63, 3.8) is 0 Å². The van der Waals surface area contributed by atoms with Crippen LogP contribution in [0.4, 0.5) is 16.2 Å². The van der Waals surface area contributed by atoms with Gasteiger partial charge in [-0.25, -0.2) is 4.79 Å². The van der Waals surface area contributed by atoms with Gasteiger partial charge in [0.25, 0.3) is 0 Å². The Morgan fingerprint density at radius 2 is 1.84 bits per heavy atom. The van der Waals surface area contributed by atoms with Crippen molar-refractivity contribution in [2.75, 3.05) is 16.8 Å². The molecule has 8 heteroatoms. The van der Waals surface area contributed by atoms with E-state index in [1.54, 1.807) is 17.0 Å². The molecule has 0 aliphatic carbocycles. The van der Waals surface area contributed by atoms with E-state index in [2.05, 4.69) is 20.8 Å². The van der Waals surface area contributed by atoms with Crippen LogP contribution in [0.3, 0.4) is 0 Å². The highest BCUT2D eigenvalue weighted by Crippen LogP contribution is 2.32. The molecule has 160 valence electrons. The Labute approximate surface area is 180 Å². The number of anilines is 2. The number of carbonyl (C=O) groups excluding carboxylic acids is 2. The molecule has 1 aromatic heterocycles. The highest BCUT2D eigenvalue weighted by atomic mass is 16.5. The van der Waals surface area contributed by atoms with E-state index in [0.717, 1.165) is 16.8 Å². The predicted molar refractivity (Wildman–Crippen MR) is 118 cm³/mol. The largest absolute Gasteiger partial charge is 0.339 e. The van der Waals surface area contributed by atoms with E-state index in [1.807, 2.05) is 57.2 Å². The summed E-state index contributed by atoms with van der Waals surface area (Å²) in [4.78, 5) is 30.6. The summed E-state index contributed by atoms with van der Waals surface area (Å²) in [6, 6.07) is 14.9. The van der Waals surface area contributed by atoms with E-state index in [9.17, 15) is 9.59 Å². The molecule has 3 amide bonds. The third kappa shape index (κ3) is 4.74. The molecule has 1 aliphatic rings. The van der Waals surface area contributed by atoms with Gasteiger partial charge in [-0.3, -0.25) is 4.79 Å². The summed E-state index contributed by atoms with van der Waals surface area (Å²) in [6.07, 6.45) is 0.337. The van der Waals surface area contributed by atoms with Crippen molar-refractivity contribution in [1.82, 2.24) is 15.5 Å². The second-order valence-corrected chi connectivity index (χ2v) is 8.03. The summed E-state index contributed by atoms with van der Waals surface area (Å²) in [5.74, 6) is 0.810. The van der Waals surface area contributed by atoms with Crippen LogP contribution in [0.5, 0.6) is 0 Å². The van der Waals surface area contributed by atoms with Gasteiger partial charge in [0.2, 0.25) is 17.6 Å². The molecular weight excluding hydrogens is 394 g/mol. The highest BCUT2D eigenvalue weighted by molar-refractivity contribution is 5.96. The van der Waals surface area contributed by atoms with E-state index >= 15 is 0 Å². The number of hydrogen-bond acceptors (Lipinski definition) is 5. The molecule has 1 aliphatic heterocycles. The molecule has 0 bridgehead atoms. The molecule has 1 atom stereocenters. The Morgan fingerprint density at radius 1 is 1.13 bits per heavy atom. The molecule has 4 rings (SSSR count). The molecule has 0 unspecified atom stereocenters. The predicted octanol–water partition coefficient (Wildman–Crippen LogP) is 4.10. The van der Waals surface area contributed by atoms with Gasteiger partial charge in [-0.1, -0.05) is 22.9 Å². The fraction of sp³-hybridized carbons (Fsp3) is 0.304. The van der Waals surface area contributed by atoms with Gasteiger partial charge in [-0.2, -0.15) is 4.98 Å². The molecule has 8 nitrogen and oxygen atoms in total. The number of benzene rings is 2. The van der Waals surface area contributed by atoms with E-state index in [0.29, 0.717) is 30.4 Å². The van der Waals surface area contributed by atoms with Crippen LogP contribution >= 0.6 is 0 Å². The lowest BCUT2D eigenvalue weighted by Gasteiger charge is -2.16. The van der Waals surface area contributed by atoms with E-state index in [-0.39, 0.29) is 23.9 Å². The van der Waals surface area contributed by atoms with Gasteiger partial charge >= 0.3 is 6.03 Å². The fourth-order valence-corrected chi connectivity index (χ4v) is 3.50. The van der Waals surface area contributed by atoms with Gasteiger partial charge in [0.15, 0.2) is 0 Å². The minimum atomic E-state index is -0.256. The van der Waals surface area contributed by atoms with Gasteiger partial charge in [0.1, 0.15) is 0 Å². The van der Waals surface area contributed by atoms with Gasteiger partial charge in [0, 0.05) is 35.9 Å². The quantitative estimate of drug-likeness (QED) is 0.649. The minimum Gasteiger partial charge on any atom is -0.339 e. The molecule has 0 spiro atoms. The molecule has 2 N–H and O–H groups in total. The molecule has 1 fully saturated rings. The average Bonchev–Trinajstić information content (AvgIpc) is 3.36. The van der Waals surface area contributed by atoms with Crippen LogP contribution < -0.4 is 15.5 Å². The second kappa shape index (κ2) is 8.59. The number of amides is 3. The SMILES string of the molecule is Cc1ccc(N2C[C@H](c3nc(-c4ccc(NC(=O)NC(C)C)cc4)no3)CC2=O)cc1. The number of rotatable bonds is 5. The summed E-state index contributed by atoms with van der Waals surface area (Å²) < 4.78 is 5.47. The maximum Gasteiger partial charge on any atom is 0.319 e. The van der Waals surface area contributed by atoms with Gasteiger partial charge in [-0.15, -0.1) is 0 Å². The summed E-state index contributed by atoms with van der Waals surface area (Å²) in [5.41, 5.74) is 3.46. The third-order valence-electron chi connectivity index (χ3n) is 5.08. The first-order chi connectivity index (χ1) is 14.9. The van der Waals surface area contributed by atoms with Crippen LogP contribution in [-0.2, 0) is 4.79 Å². The zero-order valence-corrected chi connectivity index (χ0v) is 17.8. The van der Waals surface area contributed by atoms with Crippen LogP contribution in [0.2, 0.25) is 0 Å². The van der Waals surface area contributed by atoms with Crippen LogP contribution in [0.1, 0.15) is 37.6 Å². The Morgan fingerprint density at radius 3 is 2.52 bits per heavy atom. The average molecular weight is 419 g/mol. The molecule has 2 heterocycles. The van der Waals surface area contributed by atoms with Gasteiger partial charge in [-0.05, 0) is 57.2 Å². The van der Waals surface area contributed by atoms with Crippen molar-refractivity contribution in [2.45, 2.75) is 39.2 Å². The van der Waals surface area contributed by atoms with Crippen molar-refractivity contribution >= 4 is 23.3 Å². The van der Waals surface area contributed by atoms with Crippen molar-refractivity contribution in [1.29, 1.82) is 0 Å². The second-order valence-electron chi connectivity index (χ2n) is 8.03. The molecule has 31 heavy (non-hydrogen) atoms. The summed E-state index contributed by atoms with van der Waals surface area (Å²) in [6.45, 7) is 6.32. The molecular formula is C23H25N5O3. The first-order valence-electron chi connectivity index (χ1n) is 10.3. The third-order valence-corrected chi connectivity index (χ3v) is 5.08. The van der Waals surface area contributed by atoms with Crippen LogP contribution in [0, 0.1) is 6.92 Å². The number of aromatic nitrogens is 2. The van der Waals surface area contributed by atoms with Crippen LogP contribution in [-0.4, -0.2) is 34.7 Å². The number of urea groups is 1. The van der Waals surface area contributed by atoms with Crippen LogP contribution in [0.15, 0.2) is 53.1 Å². The highest BCUT2D eigenvalue weighted by Gasteiger charge is 2.35. The molecule has 0 saturated carbocycles. The first kappa shape index (κ1) is 20.6. The zero-order valence-electron chi connectivity index (χ0n) is 17.8. The monoisotopic (exact) mass is 419 g/mol. The summed E-state index contributed by atoms with van der Waals surface area (Å²) in [7, 11) is 0. The normalized spacial score (nSPS) is 16.1. The maximum atomic E-state index is 12.5. The zero-order chi connectivity index (χ0) is 22.0. The number of carbonyl (C=O) groups is 2. The molecule has 2 aromatic carbocycles. The lowest BCUT2D eigenvalue weighted by Crippen LogP contribution is -2.34. The number of hydrogen-bond donors (Lipinski definition) is 2. The maximum absolute atomic E-state index is 12.5. The van der Waals surface area contributed by atoms with Gasteiger partial charge in [0.05, 0.1) is 5.92 Å². The Kier molecular flexibility index (Phi) is 5.70. The number of aryl methyl sites for hydroxylation is 1. The molecule has 1 saturated heterocycles. The summed E-state index contributed by atoms with van der Waals surface area (Å²) >= 11 is 0. The van der Waals surface area contributed by atoms with E-state index in [1.165, 1.54) is 0 Å². The lowest BCUT2D eigenvalue weighted by molar-refractivity contribution is -0.117. The molecule has 3 aromatic rings. The topological polar surface area (TPSA) is 100 Å². The number of nitrogens with one attached hydrogen (secondary N) is 2. The van der Waals surface area contributed by atoms with Crippen molar-refractivity contribution in [3.8, 4) is 11.4 Å². The summed E-state index contributed by atoms with van der Waals surface area (Å²) in [5, 5.41) is 9.63. The van der Waals surface area contributed by atoms with Crippen molar-refractivity contribution < 1.29 is 14.1 Å². The Balaban J connectivity index is 1.43. The lowest BCUT2D eigenvalue weighted by atomic mass is 10.1. The molecule has 0 radical (unpaired) electrons. The fourth-order valence-electron chi connectivity index (χ4n) is 3.50. The van der Waals surface area contributed by atoms with Crippen LogP contribution in [0.25, 0.3) is 11.4 Å². The van der Waals surface area contributed by atoms with E-state index < -0.39 is 0 Å². The van der Waals surface area contributed by atoms with E-state index in [4.69, 9.17) is 4.52 Å². The Hall–Kier alpha value is -3.68. The smallest absolute Gasteiger partial charge is 0.319 e. The van der Waals surface area contributed by atoms with Crippen molar-refractivity contribution in [2.24, 2.45) is 0 Å². The Bertz CT molecular complexity index is 1070.